The third kappa shape index (κ3) is 3.98. The molecule has 0 radical (unpaired) electrons. The Morgan fingerprint density at radius 2 is 1.85 bits per heavy atom. The van der Waals surface area contributed by atoms with Crippen molar-refractivity contribution in [3.05, 3.63) is 52.5 Å². The normalized spacial score (nSPS) is 11.5. The molecule has 5 aromatic rings. The van der Waals surface area contributed by atoms with E-state index in [9.17, 15) is 4.79 Å². The van der Waals surface area contributed by atoms with Gasteiger partial charge in [0.15, 0.2) is 20.4 Å². The van der Waals surface area contributed by atoms with E-state index in [1.54, 1.807) is 6.92 Å². The van der Waals surface area contributed by atoms with E-state index in [4.69, 9.17) is 31.7 Å². The van der Waals surface area contributed by atoms with Gasteiger partial charge in [0, 0.05) is 5.69 Å². The molecule has 0 spiro atoms. The first-order valence-electron chi connectivity index (χ1n) is 10.4. The largest absolute Gasteiger partial charge is 0.494 e. The summed E-state index contributed by atoms with van der Waals surface area (Å²) in [6, 6.07) is 15.7. The van der Waals surface area contributed by atoms with Gasteiger partial charge in [0.05, 0.1) is 30.0 Å². The SMILES string of the molecule is CCOC(=O)CSc1nc2c(sc(=S)n2-c2ccc(OCC)cc2)c2nc3ccccc3n12. The minimum absolute atomic E-state index is 0.155. The number of aromatic nitrogens is 4. The molecule has 0 aliphatic carbocycles. The zero-order chi connectivity index (χ0) is 22.9. The Labute approximate surface area is 203 Å². The van der Waals surface area contributed by atoms with Crippen LogP contribution in [-0.2, 0) is 9.53 Å². The third-order valence-corrected chi connectivity index (χ3v) is 7.25. The fourth-order valence-electron chi connectivity index (χ4n) is 3.63. The van der Waals surface area contributed by atoms with E-state index in [1.807, 2.05) is 64.4 Å². The van der Waals surface area contributed by atoms with Crippen LogP contribution in [0.1, 0.15) is 13.8 Å². The van der Waals surface area contributed by atoms with Gasteiger partial charge in [0.25, 0.3) is 0 Å². The first-order valence-corrected chi connectivity index (χ1v) is 12.7. The summed E-state index contributed by atoms with van der Waals surface area (Å²) >= 11 is 8.54. The average Bonchev–Trinajstić information content (AvgIpc) is 3.36. The highest BCUT2D eigenvalue weighted by atomic mass is 32.2. The number of ether oxygens (including phenoxy) is 2. The van der Waals surface area contributed by atoms with E-state index in [-0.39, 0.29) is 11.7 Å². The predicted molar refractivity (Wildman–Crippen MR) is 135 cm³/mol. The van der Waals surface area contributed by atoms with Gasteiger partial charge in [-0.1, -0.05) is 35.2 Å². The van der Waals surface area contributed by atoms with Crippen molar-refractivity contribution in [1.82, 2.24) is 18.9 Å². The molecule has 0 saturated carbocycles. The van der Waals surface area contributed by atoms with Gasteiger partial charge >= 0.3 is 5.97 Å². The highest BCUT2D eigenvalue weighted by Crippen LogP contribution is 2.34. The van der Waals surface area contributed by atoms with Crippen molar-refractivity contribution in [1.29, 1.82) is 0 Å². The highest BCUT2D eigenvalue weighted by molar-refractivity contribution is 7.99. The summed E-state index contributed by atoms with van der Waals surface area (Å²) in [5.41, 5.74) is 4.16. The van der Waals surface area contributed by atoms with Gasteiger partial charge in [-0.05, 0) is 62.5 Å². The summed E-state index contributed by atoms with van der Waals surface area (Å²) in [6.07, 6.45) is 0. The molecule has 0 aliphatic heterocycles. The summed E-state index contributed by atoms with van der Waals surface area (Å²) in [4.78, 5) is 21.9. The lowest BCUT2D eigenvalue weighted by molar-refractivity contribution is -0.139. The molecule has 2 aromatic carbocycles. The van der Waals surface area contributed by atoms with Gasteiger partial charge in [-0.25, -0.2) is 9.97 Å². The lowest BCUT2D eigenvalue weighted by Gasteiger charge is -2.09. The molecule has 0 unspecified atom stereocenters. The number of rotatable bonds is 7. The minimum Gasteiger partial charge on any atom is -0.494 e. The maximum Gasteiger partial charge on any atom is 0.316 e. The smallest absolute Gasteiger partial charge is 0.316 e. The van der Waals surface area contributed by atoms with Crippen LogP contribution in [0.3, 0.4) is 0 Å². The predicted octanol–water partition coefficient (Wildman–Crippen LogP) is 5.67. The number of hydrogen-bond acceptors (Lipinski definition) is 8. The first kappa shape index (κ1) is 21.9. The Hall–Kier alpha value is -2.95. The number of nitrogens with zero attached hydrogens (tertiary/aromatic N) is 4. The molecule has 168 valence electrons. The Morgan fingerprint density at radius 3 is 2.61 bits per heavy atom. The van der Waals surface area contributed by atoms with Crippen molar-refractivity contribution in [2.75, 3.05) is 19.0 Å². The van der Waals surface area contributed by atoms with Crippen LogP contribution in [0.2, 0.25) is 0 Å². The minimum atomic E-state index is -0.282. The van der Waals surface area contributed by atoms with E-state index in [0.29, 0.717) is 28.0 Å². The van der Waals surface area contributed by atoms with Crippen LogP contribution in [0.4, 0.5) is 0 Å². The number of imidazole rings is 1. The first-order chi connectivity index (χ1) is 16.1. The summed E-state index contributed by atoms with van der Waals surface area (Å²) in [5.74, 6) is 0.672. The van der Waals surface area contributed by atoms with Crippen molar-refractivity contribution < 1.29 is 14.3 Å². The van der Waals surface area contributed by atoms with Crippen LogP contribution in [0, 0.1) is 3.95 Å². The lowest BCUT2D eigenvalue weighted by Crippen LogP contribution is -2.08. The molecular weight excluding hydrogens is 476 g/mol. The standard InChI is InChI=1S/C23H20N4O3S3/c1-3-29-15-11-9-14(10-12-15)26-21-19(33-23(26)31)20-24-16-7-5-6-8-17(16)27(20)22(25-21)32-13-18(28)30-4-2/h5-12H,3-4,13H2,1-2H3. The molecule has 0 atom stereocenters. The maximum absolute atomic E-state index is 12.1. The molecule has 5 rings (SSSR count). The molecule has 7 nitrogen and oxygen atoms in total. The van der Waals surface area contributed by atoms with Crippen LogP contribution >= 0.6 is 35.3 Å². The monoisotopic (exact) mass is 496 g/mol. The Balaban J connectivity index is 1.73. The number of thioether (sulfide) groups is 1. The van der Waals surface area contributed by atoms with E-state index in [0.717, 1.165) is 32.8 Å². The number of thiazole rings is 1. The number of carbonyl (C=O) groups excluding carboxylic acids is 1. The van der Waals surface area contributed by atoms with Crippen LogP contribution in [0.5, 0.6) is 5.75 Å². The average molecular weight is 497 g/mol. The zero-order valence-electron chi connectivity index (χ0n) is 18.0. The fraction of sp³-hybridized carbons (Fsp3) is 0.217. The Bertz CT molecular complexity index is 1540. The quantitative estimate of drug-likeness (QED) is 0.124. The molecule has 0 bridgehead atoms. The van der Waals surface area contributed by atoms with Crippen LogP contribution in [0.25, 0.3) is 32.7 Å². The molecule has 0 fully saturated rings. The van der Waals surface area contributed by atoms with Crippen LogP contribution in [0.15, 0.2) is 53.7 Å². The van der Waals surface area contributed by atoms with Gasteiger partial charge in [-0.2, -0.15) is 0 Å². The number of benzene rings is 2. The van der Waals surface area contributed by atoms with E-state index in [1.165, 1.54) is 23.1 Å². The van der Waals surface area contributed by atoms with Crippen molar-refractivity contribution in [2.45, 2.75) is 19.0 Å². The van der Waals surface area contributed by atoms with Crippen molar-refractivity contribution >= 4 is 68.3 Å². The van der Waals surface area contributed by atoms with Crippen molar-refractivity contribution in [2.24, 2.45) is 0 Å². The topological polar surface area (TPSA) is 70.6 Å². The molecule has 3 aromatic heterocycles. The second-order valence-electron chi connectivity index (χ2n) is 7.03. The summed E-state index contributed by atoms with van der Waals surface area (Å²) in [7, 11) is 0. The second kappa shape index (κ2) is 9.12. The van der Waals surface area contributed by atoms with Gasteiger partial charge in [-0.15, -0.1) is 0 Å². The van der Waals surface area contributed by atoms with Crippen molar-refractivity contribution in [3.8, 4) is 11.4 Å². The summed E-state index contributed by atoms with van der Waals surface area (Å²) < 4.78 is 16.2. The third-order valence-electron chi connectivity index (χ3n) is 4.97. The number of carbonyl (C=O) groups is 1. The van der Waals surface area contributed by atoms with E-state index < -0.39 is 0 Å². The second-order valence-corrected chi connectivity index (χ2v) is 9.62. The number of para-hydroxylation sites is 2. The molecule has 0 N–H and O–H groups in total. The number of hydrogen-bond donors (Lipinski definition) is 0. The van der Waals surface area contributed by atoms with Crippen LogP contribution in [-0.4, -0.2) is 43.9 Å². The molecular formula is C23H20N4O3S3. The Morgan fingerprint density at radius 1 is 1.06 bits per heavy atom. The van der Waals surface area contributed by atoms with Gasteiger partial charge in [-0.3, -0.25) is 13.8 Å². The van der Waals surface area contributed by atoms with Crippen molar-refractivity contribution in [3.63, 3.8) is 0 Å². The van der Waals surface area contributed by atoms with Gasteiger partial charge in [0.1, 0.15) is 10.4 Å². The molecule has 33 heavy (non-hydrogen) atoms. The number of fused-ring (bicyclic) bond motifs is 5. The maximum atomic E-state index is 12.1. The van der Waals surface area contributed by atoms with Crippen LogP contribution < -0.4 is 4.74 Å². The molecule has 0 saturated heterocycles. The zero-order valence-corrected chi connectivity index (χ0v) is 20.4. The molecule has 3 heterocycles. The molecule has 10 heteroatoms. The van der Waals surface area contributed by atoms with E-state index in [2.05, 4.69) is 0 Å². The Kier molecular flexibility index (Phi) is 6.05. The fourth-order valence-corrected chi connectivity index (χ4v) is 5.79. The lowest BCUT2D eigenvalue weighted by atomic mass is 10.3. The van der Waals surface area contributed by atoms with E-state index >= 15 is 0 Å². The summed E-state index contributed by atoms with van der Waals surface area (Å²) in [6.45, 7) is 4.70. The van der Waals surface area contributed by atoms with Gasteiger partial charge < -0.3 is 9.47 Å². The summed E-state index contributed by atoms with van der Waals surface area (Å²) in [5, 5.41) is 0.659. The molecule has 0 amide bonds. The molecule has 0 aliphatic rings. The highest BCUT2D eigenvalue weighted by Gasteiger charge is 2.20. The van der Waals surface area contributed by atoms with Gasteiger partial charge in [0.2, 0.25) is 0 Å². The number of esters is 1.